The lowest BCUT2D eigenvalue weighted by atomic mass is 10.1. The van der Waals surface area contributed by atoms with Crippen LogP contribution in [0.15, 0.2) is 42.5 Å². The molecule has 0 spiro atoms. The van der Waals surface area contributed by atoms with Gasteiger partial charge in [-0.05, 0) is 42.7 Å². The number of ether oxygens (including phenoxy) is 3. The molecule has 1 fully saturated rings. The number of halogens is 1. The molecule has 0 unspecified atom stereocenters. The Morgan fingerprint density at radius 3 is 2.38 bits per heavy atom. The Bertz CT molecular complexity index is 749. The van der Waals surface area contributed by atoms with Gasteiger partial charge >= 0.3 is 5.97 Å². The molecule has 0 bridgehead atoms. The first-order valence-corrected chi connectivity index (χ1v) is 8.94. The van der Waals surface area contributed by atoms with Crippen LogP contribution in [0.4, 0.5) is 4.39 Å². The second kappa shape index (κ2) is 8.43. The van der Waals surface area contributed by atoms with Crippen LogP contribution in [0.1, 0.15) is 48.0 Å². The minimum absolute atomic E-state index is 0.146. The number of rotatable bonds is 5. The molecule has 0 atom stereocenters. The Balaban J connectivity index is 1.67. The SMILES string of the molecule is CCc1ccc(OC(=O)c2ccc(C3OCC(CC)CO3)c(F)c2)cc1. The van der Waals surface area contributed by atoms with Gasteiger partial charge in [-0.25, -0.2) is 9.18 Å². The molecule has 0 radical (unpaired) electrons. The molecule has 0 amide bonds. The van der Waals surface area contributed by atoms with E-state index in [2.05, 4.69) is 6.92 Å². The van der Waals surface area contributed by atoms with Crippen molar-refractivity contribution in [2.45, 2.75) is 33.0 Å². The van der Waals surface area contributed by atoms with Crippen molar-refractivity contribution in [3.05, 3.63) is 65.0 Å². The van der Waals surface area contributed by atoms with Crippen LogP contribution in [-0.2, 0) is 15.9 Å². The standard InChI is InChI=1S/C21H23FO4/c1-3-14-5-8-17(9-6-14)26-20(23)16-7-10-18(19(22)11-16)21-24-12-15(4-2)13-25-21/h5-11,15,21H,3-4,12-13H2,1-2H3. The Morgan fingerprint density at radius 2 is 1.81 bits per heavy atom. The van der Waals surface area contributed by atoms with Gasteiger partial charge in [0.15, 0.2) is 6.29 Å². The molecule has 2 aromatic rings. The maximum atomic E-state index is 14.4. The minimum Gasteiger partial charge on any atom is -0.423 e. The molecule has 0 saturated carbocycles. The topological polar surface area (TPSA) is 44.8 Å². The van der Waals surface area contributed by atoms with Gasteiger partial charge in [-0.15, -0.1) is 0 Å². The summed E-state index contributed by atoms with van der Waals surface area (Å²) in [6.07, 6.45) is 1.13. The molecule has 0 N–H and O–H groups in total. The maximum Gasteiger partial charge on any atom is 0.343 e. The number of carbonyl (C=O) groups is 1. The number of hydrogen-bond donors (Lipinski definition) is 0. The Kier molecular flexibility index (Phi) is 6.01. The lowest BCUT2D eigenvalue weighted by Crippen LogP contribution is -2.27. The molecule has 26 heavy (non-hydrogen) atoms. The lowest BCUT2D eigenvalue weighted by molar-refractivity contribution is -0.206. The third-order valence-electron chi connectivity index (χ3n) is 4.58. The van der Waals surface area contributed by atoms with Crippen molar-refractivity contribution in [2.24, 2.45) is 5.92 Å². The second-order valence-electron chi connectivity index (χ2n) is 6.40. The fourth-order valence-electron chi connectivity index (χ4n) is 2.76. The van der Waals surface area contributed by atoms with E-state index in [4.69, 9.17) is 14.2 Å². The molecule has 1 saturated heterocycles. The average molecular weight is 358 g/mol. The zero-order chi connectivity index (χ0) is 18.5. The molecular formula is C21H23FO4. The first-order valence-electron chi connectivity index (χ1n) is 8.94. The Labute approximate surface area is 152 Å². The molecule has 0 aromatic heterocycles. The summed E-state index contributed by atoms with van der Waals surface area (Å²) >= 11 is 0. The number of hydrogen-bond acceptors (Lipinski definition) is 4. The van der Waals surface area contributed by atoms with Gasteiger partial charge in [0, 0.05) is 11.5 Å². The van der Waals surface area contributed by atoms with Crippen molar-refractivity contribution in [1.82, 2.24) is 0 Å². The molecule has 1 heterocycles. The van der Waals surface area contributed by atoms with Crippen molar-refractivity contribution >= 4 is 5.97 Å². The third kappa shape index (κ3) is 4.29. The highest BCUT2D eigenvalue weighted by atomic mass is 19.1. The number of carbonyl (C=O) groups excluding carboxylic acids is 1. The van der Waals surface area contributed by atoms with E-state index in [1.807, 2.05) is 19.1 Å². The van der Waals surface area contributed by atoms with Crippen LogP contribution in [0.2, 0.25) is 0 Å². The van der Waals surface area contributed by atoms with Crippen molar-refractivity contribution in [1.29, 1.82) is 0 Å². The summed E-state index contributed by atoms with van der Waals surface area (Å²) < 4.78 is 30.9. The van der Waals surface area contributed by atoms with Gasteiger partial charge in [0.1, 0.15) is 11.6 Å². The molecule has 138 valence electrons. The molecule has 2 aromatic carbocycles. The molecule has 1 aliphatic rings. The first-order chi connectivity index (χ1) is 12.6. The molecule has 3 rings (SSSR count). The van der Waals surface area contributed by atoms with Gasteiger partial charge in [-0.2, -0.15) is 0 Å². The zero-order valence-corrected chi connectivity index (χ0v) is 15.0. The van der Waals surface area contributed by atoms with Gasteiger partial charge < -0.3 is 14.2 Å². The van der Waals surface area contributed by atoms with E-state index < -0.39 is 18.1 Å². The monoisotopic (exact) mass is 358 g/mol. The minimum atomic E-state index is -0.732. The fraction of sp³-hybridized carbons (Fsp3) is 0.381. The summed E-state index contributed by atoms with van der Waals surface area (Å²) in [5.74, 6) is -0.374. The molecule has 4 nitrogen and oxygen atoms in total. The van der Waals surface area contributed by atoms with E-state index in [1.54, 1.807) is 12.1 Å². The second-order valence-corrected chi connectivity index (χ2v) is 6.40. The van der Waals surface area contributed by atoms with Crippen molar-refractivity contribution < 1.29 is 23.4 Å². The van der Waals surface area contributed by atoms with E-state index in [-0.39, 0.29) is 5.56 Å². The summed E-state index contributed by atoms with van der Waals surface area (Å²) in [6, 6.07) is 11.5. The largest absolute Gasteiger partial charge is 0.423 e. The summed E-state index contributed by atoms with van der Waals surface area (Å²) in [5.41, 5.74) is 1.59. The van der Waals surface area contributed by atoms with E-state index in [0.717, 1.165) is 24.5 Å². The number of benzene rings is 2. The van der Waals surface area contributed by atoms with E-state index in [9.17, 15) is 9.18 Å². The normalized spacial score (nSPS) is 20.0. The van der Waals surface area contributed by atoms with Gasteiger partial charge in [0.25, 0.3) is 0 Å². The highest BCUT2D eigenvalue weighted by molar-refractivity contribution is 5.91. The van der Waals surface area contributed by atoms with Gasteiger partial charge in [0.05, 0.1) is 18.8 Å². The number of esters is 1. The smallest absolute Gasteiger partial charge is 0.343 e. The Morgan fingerprint density at radius 1 is 1.12 bits per heavy atom. The quantitative estimate of drug-likeness (QED) is 0.575. The van der Waals surface area contributed by atoms with Crippen LogP contribution in [0, 0.1) is 11.7 Å². The predicted octanol–water partition coefficient (Wildman–Crippen LogP) is 4.68. The van der Waals surface area contributed by atoms with Crippen molar-refractivity contribution in [3.8, 4) is 5.75 Å². The van der Waals surface area contributed by atoms with Gasteiger partial charge in [-0.3, -0.25) is 0 Å². The molecule has 1 aliphatic heterocycles. The van der Waals surface area contributed by atoms with Crippen molar-refractivity contribution in [3.63, 3.8) is 0 Å². The number of aryl methyl sites for hydroxylation is 1. The Hall–Kier alpha value is -2.24. The summed E-state index contributed by atoms with van der Waals surface area (Å²) in [6.45, 7) is 5.19. The summed E-state index contributed by atoms with van der Waals surface area (Å²) in [4.78, 5) is 12.2. The fourth-order valence-corrected chi connectivity index (χ4v) is 2.76. The summed E-state index contributed by atoms with van der Waals surface area (Å²) in [7, 11) is 0. The van der Waals surface area contributed by atoms with Crippen LogP contribution in [0.3, 0.4) is 0 Å². The van der Waals surface area contributed by atoms with E-state index >= 15 is 0 Å². The average Bonchev–Trinajstić information content (AvgIpc) is 2.68. The van der Waals surface area contributed by atoms with Crippen LogP contribution in [0.25, 0.3) is 0 Å². The van der Waals surface area contributed by atoms with E-state index in [1.165, 1.54) is 12.1 Å². The van der Waals surface area contributed by atoms with Crippen LogP contribution < -0.4 is 4.74 Å². The van der Waals surface area contributed by atoms with E-state index in [0.29, 0.717) is 30.4 Å². The maximum absolute atomic E-state index is 14.4. The predicted molar refractivity (Wildman–Crippen MR) is 95.6 cm³/mol. The molecule has 0 aliphatic carbocycles. The van der Waals surface area contributed by atoms with Crippen LogP contribution in [0.5, 0.6) is 5.75 Å². The van der Waals surface area contributed by atoms with Crippen LogP contribution in [-0.4, -0.2) is 19.2 Å². The highest BCUT2D eigenvalue weighted by Crippen LogP contribution is 2.28. The van der Waals surface area contributed by atoms with Gasteiger partial charge in [-0.1, -0.05) is 32.0 Å². The van der Waals surface area contributed by atoms with Crippen molar-refractivity contribution in [2.75, 3.05) is 13.2 Å². The lowest BCUT2D eigenvalue weighted by Gasteiger charge is -2.29. The molecule has 5 heteroatoms. The zero-order valence-electron chi connectivity index (χ0n) is 15.0. The first kappa shape index (κ1) is 18.5. The third-order valence-corrected chi connectivity index (χ3v) is 4.58. The van der Waals surface area contributed by atoms with Gasteiger partial charge in [0.2, 0.25) is 0 Å². The van der Waals surface area contributed by atoms with Crippen LogP contribution >= 0.6 is 0 Å². The molecular weight excluding hydrogens is 335 g/mol. The summed E-state index contributed by atoms with van der Waals surface area (Å²) in [5, 5.41) is 0. The highest BCUT2D eigenvalue weighted by Gasteiger charge is 2.25.